The third-order valence-electron chi connectivity index (χ3n) is 4.19. The number of carboxylic acids is 1. The second-order valence-electron chi connectivity index (χ2n) is 5.54. The molecule has 1 aromatic carbocycles. The molecule has 1 unspecified atom stereocenters. The van der Waals surface area contributed by atoms with E-state index in [9.17, 15) is 9.59 Å². The van der Waals surface area contributed by atoms with Crippen molar-refractivity contribution in [1.29, 1.82) is 0 Å². The molecule has 1 N–H and O–H groups in total. The van der Waals surface area contributed by atoms with Crippen molar-refractivity contribution in [2.24, 2.45) is 0 Å². The molecule has 0 aromatic heterocycles. The Morgan fingerprint density at radius 3 is 2.52 bits per heavy atom. The van der Waals surface area contributed by atoms with Crippen LogP contribution in [0.1, 0.15) is 18.4 Å². The standard InChI is InChI=1S/C15H16ClNO4/c16-11-3-1-10(2-4-11)15(5-6-15)14(20)17-7-8-21-12(9-17)13(18)19/h1-4,12H,5-9H2,(H,18,19). The number of aliphatic carboxylic acids is 1. The number of hydrogen-bond acceptors (Lipinski definition) is 3. The van der Waals surface area contributed by atoms with E-state index in [4.69, 9.17) is 21.4 Å². The van der Waals surface area contributed by atoms with Gasteiger partial charge in [0.25, 0.3) is 0 Å². The zero-order valence-corrected chi connectivity index (χ0v) is 12.2. The summed E-state index contributed by atoms with van der Waals surface area (Å²) in [6.45, 7) is 0.820. The number of carbonyl (C=O) groups is 2. The van der Waals surface area contributed by atoms with Gasteiger partial charge in [-0.15, -0.1) is 0 Å². The molecule has 1 atom stereocenters. The molecule has 21 heavy (non-hydrogen) atoms. The van der Waals surface area contributed by atoms with Crippen LogP contribution in [0.3, 0.4) is 0 Å². The maximum atomic E-state index is 12.8. The van der Waals surface area contributed by atoms with Crippen LogP contribution in [0.25, 0.3) is 0 Å². The van der Waals surface area contributed by atoms with Crippen LogP contribution < -0.4 is 0 Å². The van der Waals surface area contributed by atoms with Crippen LogP contribution in [0, 0.1) is 0 Å². The van der Waals surface area contributed by atoms with Crippen molar-refractivity contribution in [2.75, 3.05) is 19.7 Å². The number of nitrogens with zero attached hydrogens (tertiary/aromatic N) is 1. The van der Waals surface area contributed by atoms with Crippen LogP contribution in [0.4, 0.5) is 0 Å². The summed E-state index contributed by atoms with van der Waals surface area (Å²) in [6, 6.07) is 7.32. The smallest absolute Gasteiger partial charge is 0.334 e. The Hall–Kier alpha value is -1.59. The van der Waals surface area contributed by atoms with Crippen molar-refractivity contribution >= 4 is 23.5 Å². The van der Waals surface area contributed by atoms with Crippen LogP contribution in [-0.2, 0) is 19.7 Å². The molecule has 2 fully saturated rings. The van der Waals surface area contributed by atoms with E-state index in [2.05, 4.69) is 0 Å². The highest BCUT2D eigenvalue weighted by atomic mass is 35.5. The molecule has 5 nitrogen and oxygen atoms in total. The normalized spacial score (nSPS) is 23.7. The van der Waals surface area contributed by atoms with Gasteiger partial charge in [0.1, 0.15) is 0 Å². The van der Waals surface area contributed by atoms with Gasteiger partial charge in [0.05, 0.1) is 18.6 Å². The fraction of sp³-hybridized carbons (Fsp3) is 0.467. The van der Waals surface area contributed by atoms with Crippen molar-refractivity contribution in [3.05, 3.63) is 34.9 Å². The second kappa shape index (κ2) is 5.31. The molecule has 1 aliphatic heterocycles. The van der Waals surface area contributed by atoms with Crippen LogP contribution in [0.15, 0.2) is 24.3 Å². The molecule has 1 saturated carbocycles. The molecule has 3 rings (SSSR count). The molecule has 2 aliphatic rings. The number of carboxylic acid groups (broad SMARTS) is 1. The Morgan fingerprint density at radius 2 is 1.95 bits per heavy atom. The number of carbonyl (C=O) groups excluding carboxylic acids is 1. The van der Waals surface area contributed by atoms with Gasteiger partial charge in [0.2, 0.25) is 5.91 Å². The predicted molar refractivity (Wildman–Crippen MR) is 76.3 cm³/mol. The van der Waals surface area contributed by atoms with Crippen molar-refractivity contribution in [3.8, 4) is 0 Å². The largest absolute Gasteiger partial charge is 0.479 e. The van der Waals surface area contributed by atoms with Crippen LogP contribution in [0.2, 0.25) is 5.02 Å². The first-order valence-corrected chi connectivity index (χ1v) is 7.30. The zero-order valence-electron chi connectivity index (χ0n) is 11.4. The zero-order chi connectivity index (χ0) is 15.0. The molecular weight excluding hydrogens is 294 g/mol. The first-order chi connectivity index (χ1) is 10.0. The van der Waals surface area contributed by atoms with E-state index in [1.54, 1.807) is 17.0 Å². The summed E-state index contributed by atoms with van der Waals surface area (Å²) in [5, 5.41) is 9.66. The average molecular weight is 310 g/mol. The van der Waals surface area contributed by atoms with Crippen LogP contribution in [-0.4, -0.2) is 47.7 Å². The Labute approximate surface area is 127 Å². The summed E-state index contributed by atoms with van der Waals surface area (Å²) in [5.74, 6) is -1.02. The van der Waals surface area contributed by atoms with E-state index < -0.39 is 17.5 Å². The lowest BCUT2D eigenvalue weighted by Gasteiger charge is -2.33. The first-order valence-electron chi connectivity index (χ1n) is 6.93. The quantitative estimate of drug-likeness (QED) is 0.922. The number of rotatable bonds is 3. The van der Waals surface area contributed by atoms with Crippen LogP contribution >= 0.6 is 11.6 Å². The lowest BCUT2D eigenvalue weighted by molar-refractivity contribution is -0.160. The van der Waals surface area contributed by atoms with E-state index in [0.29, 0.717) is 11.6 Å². The first kappa shape index (κ1) is 14.4. The highest BCUT2D eigenvalue weighted by Crippen LogP contribution is 2.49. The lowest BCUT2D eigenvalue weighted by atomic mass is 9.94. The fourth-order valence-electron chi connectivity index (χ4n) is 2.81. The Morgan fingerprint density at radius 1 is 1.29 bits per heavy atom. The Bertz CT molecular complexity index is 568. The summed E-state index contributed by atoms with van der Waals surface area (Å²) >= 11 is 5.89. The summed E-state index contributed by atoms with van der Waals surface area (Å²) in [4.78, 5) is 25.4. The topological polar surface area (TPSA) is 66.8 Å². The third kappa shape index (κ3) is 2.63. The highest BCUT2D eigenvalue weighted by molar-refractivity contribution is 6.30. The van der Waals surface area contributed by atoms with E-state index in [1.807, 2.05) is 12.1 Å². The summed E-state index contributed by atoms with van der Waals surface area (Å²) in [5.41, 5.74) is 0.459. The fourth-order valence-corrected chi connectivity index (χ4v) is 2.93. The number of amides is 1. The molecule has 1 amide bonds. The molecule has 1 aliphatic carbocycles. The van der Waals surface area contributed by atoms with Gasteiger partial charge >= 0.3 is 5.97 Å². The van der Waals surface area contributed by atoms with E-state index in [0.717, 1.165) is 18.4 Å². The van der Waals surface area contributed by atoms with E-state index in [1.165, 1.54) is 0 Å². The number of hydrogen-bond donors (Lipinski definition) is 1. The number of halogens is 1. The van der Waals surface area contributed by atoms with Gasteiger partial charge in [0, 0.05) is 11.6 Å². The van der Waals surface area contributed by atoms with Gasteiger partial charge in [-0.1, -0.05) is 23.7 Å². The Balaban J connectivity index is 1.78. The minimum absolute atomic E-state index is 0.000581. The van der Waals surface area contributed by atoms with Gasteiger partial charge in [-0.2, -0.15) is 0 Å². The van der Waals surface area contributed by atoms with Gasteiger partial charge < -0.3 is 14.7 Å². The molecular formula is C15H16ClNO4. The van der Waals surface area contributed by atoms with Crippen LogP contribution in [0.5, 0.6) is 0 Å². The monoisotopic (exact) mass is 309 g/mol. The number of ether oxygens (including phenoxy) is 1. The second-order valence-corrected chi connectivity index (χ2v) is 5.97. The SMILES string of the molecule is O=C(O)C1CN(C(=O)C2(c3ccc(Cl)cc3)CC2)CCO1. The van der Waals surface area contributed by atoms with Gasteiger partial charge in [-0.05, 0) is 30.5 Å². The molecule has 0 spiro atoms. The molecule has 112 valence electrons. The maximum absolute atomic E-state index is 12.8. The Kier molecular flexibility index (Phi) is 3.63. The number of morpholine rings is 1. The summed E-state index contributed by atoms with van der Waals surface area (Å²) in [6.07, 6.45) is 0.661. The third-order valence-corrected chi connectivity index (χ3v) is 4.44. The van der Waals surface area contributed by atoms with E-state index in [-0.39, 0.29) is 19.1 Å². The predicted octanol–water partition coefficient (Wildman–Crippen LogP) is 1.68. The molecule has 0 bridgehead atoms. The van der Waals surface area contributed by atoms with E-state index >= 15 is 0 Å². The van der Waals surface area contributed by atoms with Crippen molar-refractivity contribution in [1.82, 2.24) is 4.90 Å². The summed E-state index contributed by atoms with van der Waals surface area (Å²) < 4.78 is 5.16. The molecule has 0 radical (unpaired) electrons. The minimum Gasteiger partial charge on any atom is -0.479 e. The molecule has 1 aromatic rings. The van der Waals surface area contributed by atoms with Crippen molar-refractivity contribution < 1.29 is 19.4 Å². The lowest BCUT2D eigenvalue weighted by Crippen LogP contribution is -2.51. The average Bonchev–Trinajstić information content (AvgIpc) is 3.29. The molecule has 6 heteroatoms. The number of benzene rings is 1. The van der Waals surface area contributed by atoms with Crippen molar-refractivity contribution in [3.63, 3.8) is 0 Å². The molecule has 1 heterocycles. The van der Waals surface area contributed by atoms with Gasteiger partial charge in [0.15, 0.2) is 6.10 Å². The van der Waals surface area contributed by atoms with Gasteiger partial charge in [-0.25, -0.2) is 4.79 Å². The summed E-state index contributed by atoms with van der Waals surface area (Å²) in [7, 11) is 0. The molecule has 1 saturated heterocycles. The minimum atomic E-state index is -1.02. The highest BCUT2D eigenvalue weighted by Gasteiger charge is 2.53. The van der Waals surface area contributed by atoms with Crippen molar-refractivity contribution in [2.45, 2.75) is 24.4 Å². The van der Waals surface area contributed by atoms with Gasteiger partial charge in [-0.3, -0.25) is 4.79 Å². The maximum Gasteiger partial charge on any atom is 0.334 e.